The second-order valence-corrected chi connectivity index (χ2v) is 10.7. The van der Waals surface area contributed by atoms with Crippen LogP contribution in [0.4, 0.5) is 0 Å². The summed E-state index contributed by atoms with van der Waals surface area (Å²) in [5, 5.41) is 0. The van der Waals surface area contributed by atoms with Crippen molar-refractivity contribution < 1.29 is 23.7 Å². The maximum atomic E-state index is 5.86. The molecule has 0 N–H and O–H groups in total. The van der Waals surface area contributed by atoms with Crippen molar-refractivity contribution in [2.75, 3.05) is 72.0 Å². The van der Waals surface area contributed by atoms with Gasteiger partial charge < -0.3 is 23.7 Å². The molecule has 0 amide bonds. The summed E-state index contributed by atoms with van der Waals surface area (Å²) in [5.41, 5.74) is 0. The Morgan fingerprint density at radius 3 is 1.07 bits per heavy atom. The van der Waals surface area contributed by atoms with Crippen molar-refractivity contribution in [3.05, 3.63) is 0 Å². The molecule has 0 heterocycles. The van der Waals surface area contributed by atoms with Crippen molar-refractivity contribution in [2.24, 2.45) is 29.6 Å². The average molecular weight is 451 g/mol. The first-order valence-electron chi connectivity index (χ1n) is 12.0. The lowest BCUT2D eigenvalue weighted by Crippen LogP contribution is -2.21. The van der Waals surface area contributed by atoms with Gasteiger partial charge in [-0.15, -0.1) is 0 Å². The van der Waals surface area contributed by atoms with E-state index in [0.717, 1.165) is 74.4 Å². The predicted molar refractivity (Wildman–Crippen MR) is 129 cm³/mol. The summed E-state index contributed by atoms with van der Waals surface area (Å²) < 4.78 is 28.9. The molecule has 0 aliphatic heterocycles. The average Bonchev–Trinajstić information content (AvgIpc) is 2.71. The van der Waals surface area contributed by atoms with Crippen molar-refractivity contribution >= 4 is 8.58 Å². The minimum atomic E-state index is 0.396. The molecular formula is C24H51O5P. The lowest BCUT2D eigenvalue weighted by atomic mass is 10.1. The number of hydrogen-bond donors (Lipinski definition) is 0. The second-order valence-electron chi connectivity index (χ2n) is 9.20. The zero-order valence-corrected chi connectivity index (χ0v) is 21.9. The normalized spacial score (nSPS) is 17.3. The van der Waals surface area contributed by atoms with Crippen LogP contribution in [-0.4, -0.2) is 72.0 Å². The van der Waals surface area contributed by atoms with Gasteiger partial charge >= 0.3 is 0 Å². The number of ether oxygens (including phenoxy) is 5. The zero-order valence-electron chi connectivity index (χ0n) is 20.9. The molecule has 0 radical (unpaired) electrons. The van der Waals surface area contributed by atoms with E-state index in [1.165, 1.54) is 12.6 Å². The first-order chi connectivity index (χ1) is 14.4. The summed E-state index contributed by atoms with van der Waals surface area (Å²) in [4.78, 5) is 0. The SMILES string of the molecule is CCPCOCC(C)COCC(C)COCC(C)COCC(C)COCC(C)CC. The van der Waals surface area contributed by atoms with E-state index in [2.05, 4.69) is 48.5 Å². The standard InChI is InChI=1S/C24H51O5P/c1-8-20(3)10-25-11-21(4)12-26-13-22(5)14-27-15-23(6)16-28-17-24(7)18-29-19-30-9-2/h20-24,30H,8-19H2,1-7H3. The lowest BCUT2D eigenvalue weighted by molar-refractivity contribution is -0.00677. The maximum absolute atomic E-state index is 5.86. The molecule has 0 saturated carbocycles. The molecule has 0 aromatic carbocycles. The van der Waals surface area contributed by atoms with Gasteiger partial charge in [0, 0.05) is 30.3 Å². The second kappa shape index (κ2) is 21.1. The van der Waals surface area contributed by atoms with Crippen LogP contribution in [0, 0.1) is 29.6 Å². The van der Waals surface area contributed by atoms with Gasteiger partial charge in [-0.1, -0.05) is 63.5 Å². The zero-order chi connectivity index (χ0) is 22.6. The van der Waals surface area contributed by atoms with Crippen LogP contribution < -0.4 is 0 Å². The molecule has 30 heavy (non-hydrogen) atoms. The smallest absolute Gasteiger partial charge is 0.0630 e. The Morgan fingerprint density at radius 1 is 0.467 bits per heavy atom. The molecule has 5 nitrogen and oxygen atoms in total. The highest BCUT2D eigenvalue weighted by molar-refractivity contribution is 7.37. The molecule has 0 bridgehead atoms. The topological polar surface area (TPSA) is 46.2 Å². The molecule has 0 rings (SSSR count). The Labute approximate surface area is 189 Å². The van der Waals surface area contributed by atoms with Crippen molar-refractivity contribution in [1.29, 1.82) is 0 Å². The van der Waals surface area contributed by atoms with E-state index >= 15 is 0 Å². The molecule has 0 spiro atoms. The maximum Gasteiger partial charge on any atom is 0.0630 e. The first-order valence-corrected chi connectivity index (χ1v) is 13.4. The van der Waals surface area contributed by atoms with Crippen LogP contribution in [0.25, 0.3) is 0 Å². The summed E-state index contributed by atoms with van der Waals surface area (Å²) >= 11 is 0. The molecule has 6 heteroatoms. The summed E-state index contributed by atoms with van der Waals surface area (Å²) in [6.07, 6.45) is 3.26. The number of hydrogen-bond acceptors (Lipinski definition) is 5. The first kappa shape index (κ1) is 30.2. The van der Waals surface area contributed by atoms with Crippen LogP contribution in [0.5, 0.6) is 0 Å². The van der Waals surface area contributed by atoms with E-state index in [9.17, 15) is 0 Å². The molecule has 0 fully saturated rings. The molecule has 0 aliphatic rings. The predicted octanol–water partition coefficient (Wildman–Crippen LogP) is 5.32. The summed E-state index contributed by atoms with van der Waals surface area (Å²) in [5.74, 6) is 2.30. The monoisotopic (exact) mass is 450 g/mol. The van der Waals surface area contributed by atoms with Crippen LogP contribution in [0.1, 0.15) is 54.9 Å². The minimum absolute atomic E-state index is 0.396. The molecule has 0 aromatic rings. The van der Waals surface area contributed by atoms with E-state index in [1.54, 1.807) is 0 Å². The molecule has 182 valence electrons. The van der Waals surface area contributed by atoms with Gasteiger partial charge in [-0.25, -0.2) is 0 Å². The van der Waals surface area contributed by atoms with Crippen molar-refractivity contribution in [2.45, 2.75) is 54.9 Å². The van der Waals surface area contributed by atoms with E-state index < -0.39 is 0 Å². The fourth-order valence-electron chi connectivity index (χ4n) is 2.63. The van der Waals surface area contributed by atoms with Crippen LogP contribution in [-0.2, 0) is 23.7 Å². The van der Waals surface area contributed by atoms with Crippen LogP contribution in [0.15, 0.2) is 0 Å². The number of rotatable bonds is 22. The lowest BCUT2D eigenvalue weighted by Gasteiger charge is -2.18. The van der Waals surface area contributed by atoms with Crippen molar-refractivity contribution in [1.82, 2.24) is 0 Å². The molecule has 0 aliphatic carbocycles. The van der Waals surface area contributed by atoms with Gasteiger partial charge in [-0.2, -0.15) is 0 Å². The van der Waals surface area contributed by atoms with E-state index in [4.69, 9.17) is 23.7 Å². The van der Waals surface area contributed by atoms with Gasteiger partial charge in [0.15, 0.2) is 0 Å². The van der Waals surface area contributed by atoms with E-state index in [-0.39, 0.29) is 0 Å². The third-order valence-corrected chi connectivity index (χ3v) is 5.68. The van der Waals surface area contributed by atoms with Gasteiger partial charge in [-0.05, 0) is 12.1 Å². The van der Waals surface area contributed by atoms with Crippen LogP contribution in [0.2, 0.25) is 0 Å². The highest BCUT2D eigenvalue weighted by atomic mass is 31.1. The molecular weight excluding hydrogens is 399 g/mol. The Morgan fingerprint density at radius 2 is 0.767 bits per heavy atom. The van der Waals surface area contributed by atoms with Gasteiger partial charge in [0.1, 0.15) is 0 Å². The van der Waals surface area contributed by atoms with Crippen LogP contribution in [0.3, 0.4) is 0 Å². The quantitative estimate of drug-likeness (QED) is 0.165. The van der Waals surface area contributed by atoms with E-state index in [1.807, 2.05) is 0 Å². The molecule has 6 atom stereocenters. The Bertz CT molecular complexity index is 358. The minimum Gasteiger partial charge on any atom is -0.381 e. The largest absolute Gasteiger partial charge is 0.381 e. The van der Waals surface area contributed by atoms with Crippen LogP contribution >= 0.6 is 8.58 Å². The molecule has 6 unspecified atom stereocenters. The Hall–Kier alpha value is 0.230. The summed E-state index contributed by atoms with van der Waals surface area (Å²) in [6.45, 7) is 22.2. The van der Waals surface area contributed by atoms with Gasteiger partial charge in [0.05, 0.1) is 59.2 Å². The molecule has 0 saturated heterocycles. The van der Waals surface area contributed by atoms with Crippen molar-refractivity contribution in [3.63, 3.8) is 0 Å². The van der Waals surface area contributed by atoms with Gasteiger partial charge in [0.25, 0.3) is 0 Å². The fourth-order valence-corrected chi connectivity index (χ4v) is 3.09. The van der Waals surface area contributed by atoms with E-state index in [0.29, 0.717) is 29.6 Å². The Balaban J connectivity index is 3.56. The third-order valence-electron chi connectivity index (χ3n) is 4.77. The fraction of sp³-hybridized carbons (Fsp3) is 1.00. The summed E-state index contributed by atoms with van der Waals surface area (Å²) in [7, 11) is 0.913. The molecule has 0 aromatic heterocycles. The summed E-state index contributed by atoms with van der Waals surface area (Å²) in [6, 6.07) is 0. The van der Waals surface area contributed by atoms with Gasteiger partial charge in [0.2, 0.25) is 0 Å². The Kier molecular flexibility index (Phi) is 21.3. The third kappa shape index (κ3) is 20.2. The van der Waals surface area contributed by atoms with Crippen molar-refractivity contribution in [3.8, 4) is 0 Å². The van der Waals surface area contributed by atoms with Gasteiger partial charge in [-0.3, -0.25) is 0 Å². The highest BCUT2D eigenvalue weighted by Crippen LogP contribution is 2.10. The highest BCUT2D eigenvalue weighted by Gasteiger charge is 2.10.